The van der Waals surface area contributed by atoms with Crippen molar-refractivity contribution in [1.82, 2.24) is 79.6 Å². The van der Waals surface area contributed by atoms with Crippen molar-refractivity contribution >= 4 is 44.1 Å². The largest absolute Gasteiger partial charge is 0.260 e. The highest BCUT2D eigenvalue weighted by Crippen LogP contribution is 2.53. The molecule has 16 heteroatoms. The number of hydrogen-bond donors (Lipinski definition) is 0. The third-order valence-electron chi connectivity index (χ3n) is 11.7. The van der Waals surface area contributed by atoms with Crippen LogP contribution in [-0.2, 0) is 0 Å². The quantitative estimate of drug-likeness (QED) is 0.268. The number of benzene rings is 4. The van der Waals surface area contributed by atoms with Crippen molar-refractivity contribution in [1.29, 1.82) is 0 Å². The Kier molecular flexibility index (Phi) is 6.08. The molecule has 52 heavy (non-hydrogen) atoms. The molecule has 4 aromatic heterocycles. The standard InChI is InChI=1S/C36H34N16/c1-5-15-27-23(11-1)37-41-49(27)33-34(50-28-16-6-2-12-24(28)38-42-50)46-20-10-22-48-32(46)31-45(33)19-9-21-47(31)35(51-29-17-7-3-13-25(29)39-43-51)36(48)52-30-18-8-4-14-26(30)40-44-52/h1-8,11-18,31-36H,9-10,19-22H2. The molecular formula is C36H34N16. The van der Waals surface area contributed by atoms with Gasteiger partial charge in [0.15, 0.2) is 0 Å². The van der Waals surface area contributed by atoms with Gasteiger partial charge >= 0.3 is 0 Å². The molecule has 8 heterocycles. The first-order valence-corrected chi connectivity index (χ1v) is 18.1. The summed E-state index contributed by atoms with van der Waals surface area (Å²) in [6, 6.07) is 33.0. The minimum Gasteiger partial charge on any atom is -0.260 e. The van der Waals surface area contributed by atoms with Crippen LogP contribution in [0, 0.1) is 0 Å². The maximum atomic E-state index is 4.90. The summed E-state index contributed by atoms with van der Waals surface area (Å²) in [4.78, 5) is 10.6. The Labute approximate surface area is 296 Å². The molecule has 0 N–H and O–H groups in total. The molecule has 8 aromatic rings. The van der Waals surface area contributed by atoms with E-state index in [4.69, 9.17) is 20.9 Å². The highest BCUT2D eigenvalue weighted by atomic mass is 15.7. The molecule has 4 aliphatic rings. The molecule has 0 amide bonds. The van der Waals surface area contributed by atoms with Crippen molar-refractivity contribution in [2.24, 2.45) is 0 Å². The van der Waals surface area contributed by atoms with E-state index >= 15 is 0 Å². The van der Waals surface area contributed by atoms with E-state index < -0.39 is 0 Å². The lowest BCUT2D eigenvalue weighted by atomic mass is 9.94. The lowest BCUT2D eigenvalue weighted by molar-refractivity contribution is -0.294. The third kappa shape index (κ3) is 3.88. The summed E-state index contributed by atoms with van der Waals surface area (Å²) < 4.78 is 8.52. The number of nitrogens with zero attached hydrogens (tertiary/aromatic N) is 16. The normalized spacial score (nSPS) is 27.2. The van der Waals surface area contributed by atoms with Crippen molar-refractivity contribution in [3.8, 4) is 0 Å². The van der Waals surface area contributed by atoms with Gasteiger partial charge in [0.25, 0.3) is 0 Å². The molecule has 16 nitrogen and oxygen atoms in total. The van der Waals surface area contributed by atoms with E-state index in [1.165, 1.54) is 0 Å². The first kappa shape index (κ1) is 29.0. The molecule has 4 aliphatic heterocycles. The summed E-state index contributed by atoms with van der Waals surface area (Å²) in [7, 11) is 0. The van der Waals surface area contributed by atoms with Crippen LogP contribution in [0.4, 0.5) is 0 Å². The van der Waals surface area contributed by atoms with Crippen molar-refractivity contribution in [2.75, 3.05) is 26.2 Å². The molecule has 0 saturated carbocycles. The van der Waals surface area contributed by atoms with Gasteiger partial charge in [0, 0.05) is 26.2 Å². The summed E-state index contributed by atoms with van der Waals surface area (Å²) in [6.07, 6.45) is 0.906. The molecule has 0 bridgehead atoms. The summed E-state index contributed by atoms with van der Waals surface area (Å²) in [6.45, 7) is 3.51. The smallest absolute Gasteiger partial charge is 0.144 e. The van der Waals surface area contributed by atoms with Crippen LogP contribution in [0.1, 0.15) is 37.5 Å². The Balaban J connectivity index is 1.12. The summed E-state index contributed by atoms with van der Waals surface area (Å²) in [5.41, 5.74) is 7.45. The Morgan fingerprint density at radius 2 is 0.577 bits per heavy atom. The first-order chi connectivity index (χ1) is 25.8. The minimum atomic E-state index is -0.238. The van der Waals surface area contributed by atoms with Gasteiger partial charge in [-0.25, -0.2) is 18.7 Å². The van der Waals surface area contributed by atoms with E-state index in [9.17, 15) is 0 Å². The van der Waals surface area contributed by atoms with Crippen LogP contribution in [0.25, 0.3) is 44.1 Å². The van der Waals surface area contributed by atoms with Crippen molar-refractivity contribution in [3.05, 3.63) is 97.1 Å². The lowest BCUT2D eigenvalue weighted by Crippen LogP contribution is -2.80. The van der Waals surface area contributed by atoms with Gasteiger partial charge in [0.1, 0.15) is 46.7 Å². The number of piperazine rings is 2. The zero-order valence-corrected chi connectivity index (χ0v) is 28.1. The SMILES string of the molecule is c1ccc2c(c1)nnn2C1C(n2nnc3ccccc32)N2CCCN3C2C2N1CCCN2C(n1nnc2ccccc21)C3n1nnc2ccccc21. The van der Waals surface area contributed by atoms with Crippen LogP contribution < -0.4 is 0 Å². The molecular weight excluding hydrogens is 657 g/mol. The average Bonchev–Trinajstić information content (AvgIpc) is 4.01. The molecule has 258 valence electrons. The Hall–Kier alpha value is -5.68. The zero-order valence-electron chi connectivity index (χ0n) is 28.1. The molecule has 0 aliphatic carbocycles. The van der Waals surface area contributed by atoms with Gasteiger partial charge in [-0.2, -0.15) is 0 Å². The predicted molar refractivity (Wildman–Crippen MR) is 190 cm³/mol. The van der Waals surface area contributed by atoms with Crippen LogP contribution in [0.3, 0.4) is 0 Å². The van der Waals surface area contributed by atoms with E-state index in [-0.39, 0.29) is 37.0 Å². The molecule has 12 rings (SSSR count). The van der Waals surface area contributed by atoms with Crippen LogP contribution in [0.2, 0.25) is 0 Å². The number of aromatic nitrogens is 12. The number of rotatable bonds is 4. The van der Waals surface area contributed by atoms with Gasteiger partial charge in [-0.05, 0) is 61.4 Å². The van der Waals surface area contributed by atoms with Gasteiger partial charge in [-0.15, -0.1) is 20.4 Å². The van der Waals surface area contributed by atoms with Gasteiger partial charge in [-0.3, -0.25) is 19.6 Å². The van der Waals surface area contributed by atoms with E-state index in [0.717, 1.165) is 83.2 Å². The lowest BCUT2D eigenvalue weighted by Gasteiger charge is -2.68. The van der Waals surface area contributed by atoms with Crippen LogP contribution in [-0.4, -0.2) is 118 Å². The monoisotopic (exact) mass is 690 g/mol. The molecule has 0 radical (unpaired) electrons. The topological polar surface area (TPSA) is 136 Å². The number of fused-ring (bicyclic) bond motifs is 4. The highest BCUT2D eigenvalue weighted by Gasteiger charge is 2.63. The van der Waals surface area contributed by atoms with Crippen molar-refractivity contribution < 1.29 is 0 Å². The van der Waals surface area contributed by atoms with Crippen molar-refractivity contribution in [2.45, 2.75) is 49.8 Å². The van der Waals surface area contributed by atoms with E-state index in [2.05, 4.69) is 107 Å². The minimum absolute atomic E-state index is 0.0213. The fourth-order valence-corrected chi connectivity index (χ4v) is 9.70. The van der Waals surface area contributed by atoms with Crippen LogP contribution in [0.5, 0.6) is 0 Å². The maximum Gasteiger partial charge on any atom is 0.144 e. The fourth-order valence-electron chi connectivity index (χ4n) is 9.70. The third-order valence-corrected chi connectivity index (χ3v) is 11.7. The summed E-state index contributed by atoms with van der Waals surface area (Å²) in [5.74, 6) is 0. The zero-order chi connectivity index (χ0) is 33.9. The maximum absolute atomic E-state index is 4.90. The summed E-state index contributed by atoms with van der Waals surface area (Å²) in [5, 5.41) is 38.4. The molecule has 4 aromatic carbocycles. The average molecular weight is 691 g/mol. The molecule has 4 unspecified atom stereocenters. The molecule has 4 atom stereocenters. The molecule has 4 fully saturated rings. The fraction of sp³-hybridized carbons (Fsp3) is 0.333. The second kappa shape index (κ2) is 10.9. The van der Waals surface area contributed by atoms with Gasteiger partial charge in [0.2, 0.25) is 0 Å². The van der Waals surface area contributed by atoms with E-state index in [1.54, 1.807) is 0 Å². The summed E-state index contributed by atoms with van der Waals surface area (Å²) >= 11 is 0. The van der Waals surface area contributed by atoms with Crippen LogP contribution in [0.15, 0.2) is 97.1 Å². The van der Waals surface area contributed by atoms with E-state index in [0.29, 0.717) is 0 Å². The predicted octanol–water partition coefficient (Wildman–Crippen LogP) is 3.46. The second-order valence-electron chi connectivity index (χ2n) is 14.2. The first-order valence-electron chi connectivity index (χ1n) is 18.1. The Bertz CT molecular complexity index is 2260. The van der Waals surface area contributed by atoms with Crippen molar-refractivity contribution in [3.63, 3.8) is 0 Å². The Morgan fingerprint density at radius 1 is 0.327 bits per heavy atom. The Morgan fingerprint density at radius 3 is 0.846 bits per heavy atom. The van der Waals surface area contributed by atoms with E-state index in [1.807, 2.05) is 48.5 Å². The van der Waals surface area contributed by atoms with Gasteiger partial charge < -0.3 is 0 Å². The van der Waals surface area contributed by atoms with Gasteiger partial charge in [0.05, 0.1) is 34.4 Å². The molecule has 0 spiro atoms. The number of para-hydroxylation sites is 4. The highest BCUT2D eigenvalue weighted by molar-refractivity contribution is 5.76. The van der Waals surface area contributed by atoms with Gasteiger partial charge in [-0.1, -0.05) is 69.4 Å². The van der Waals surface area contributed by atoms with Crippen LogP contribution >= 0.6 is 0 Å². The second-order valence-corrected chi connectivity index (χ2v) is 14.2. The number of hydrogen-bond acceptors (Lipinski definition) is 12. The molecule has 4 saturated heterocycles.